The Morgan fingerprint density at radius 1 is 1.56 bits per heavy atom. The summed E-state index contributed by atoms with van der Waals surface area (Å²) in [5.74, 6) is -0.342. The molecule has 25 heavy (non-hydrogen) atoms. The number of aliphatic hydroxyl groups excluding tert-OH is 2. The molecule has 1 fully saturated rings. The largest absolute Gasteiger partial charge is 0.394 e. The molecule has 0 aromatic carbocycles. The number of aliphatic hydroxyl groups is 2. The molecule has 12 nitrogen and oxygen atoms in total. The molecule has 12 heteroatoms. The minimum absolute atomic E-state index is 0.0626. The molecule has 0 bridgehead atoms. The number of nitrogens with two attached hydrogens (primary N) is 2. The molecule has 3 heterocycles. The average molecular weight is 348 g/mol. The van der Waals surface area contributed by atoms with Crippen LogP contribution < -0.4 is 11.5 Å². The van der Waals surface area contributed by atoms with Gasteiger partial charge in [-0.25, -0.2) is 9.97 Å². The lowest BCUT2D eigenvalue weighted by molar-refractivity contribution is -0.0435. The molecule has 6 N–H and O–H groups in total. The first-order valence-electron chi connectivity index (χ1n) is 7.32. The van der Waals surface area contributed by atoms with Crippen LogP contribution in [0.15, 0.2) is 11.3 Å². The van der Waals surface area contributed by atoms with Crippen LogP contribution in [0.3, 0.4) is 0 Å². The van der Waals surface area contributed by atoms with Gasteiger partial charge in [0.25, 0.3) is 5.91 Å². The summed E-state index contributed by atoms with van der Waals surface area (Å²) in [6.07, 6.45) is -1.85. The molecule has 132 valence electrons. The first-order valence-corrected chi connectivity index (χ1v) is 7.32. The van der Waals surface area contributed by atoms with Gasteiger partial charge in [0.1, 0.15) is 35.7 Å². The SMILES string of the molecule is Cc1nc(N)c2c(C(N)=O)cn([C@@H]3O[C@H](CO)[C@@H](O)C3N=[N+]=[N-])c2n1. The van der Waals surface area contributed by atoms with E-state index in [9.17, 15) is 15.0 Å². The molecule has 2 aromatic rings. The molecule has 2 aromatic heterocycles. The third-order valence-corrected chi connectivity index (χ3v) is 4.05. The zero-order chi connectivity index (χ0) is 18.3. The summed E-state index contributed by atoms with van der Waals surface area (Å²) >= 11 is 0. The van der Waals surface area contributed by atoms with Crippen molar-refractivity contribution >= 4 is 22.8 Å². The van der Waals surface area contributed by atoms with Gasteiger partial charge in [0.2, 0.25) is 0 Å². The third-order valence-electron chi connectivity index (χ3n) is 4.05. The van der Waals surface area contributed by atoms with Crippen molar-refractivity contribution in [2.45, 2.75) is 31.4 Å². The van der Waals surface area contributed by atoms with E-state index in [1.54, 1.807) is 6.92 Å². The Bertz CT molecular complexity index is 890. The molecule has 1 aliphatic rings. The Balaban J connectivity index is 2.24. The number of azide groups is 1. The molecular weight excluding hydrogens is 332 g/mol. The number of fused-ring (bicyclic) bond motifs is 1. The van der Waals surface area contributed by atoms with Crippen LogP contribution in [-0.4, -0.2) is 55.5 Å². The third kappa shape index (κ3) is 2.62. The second kappa shape index (κ2) is 6.18. The predicted molar refractivity (Wildman–Crippen MR) is 85.1 cm³/mol. The molecule has 1 saturated heterocycles. The maximum Gasteiger partial charge on any atom is 0.251 e. The molecule has 1 aliphatic heterocycles. The smallest absolute Gasteiger partial charge is 0.251 e. The Kier molecular flexibility index (Phi) is 4.18. The van der Waals surface area contributed by atoms with E-state index in [0.717, 1.165) is 0 Å². The van der Waals surface area contributed by atoms with E-state index >= 15 is 0 Å². The normalized spacial score (nSPS) is 25.9. The van der Waals surface area contributed by atoms with Gasteiger partial charge < -0.3 is 31.0 Å². The fourth-order valence-corrected chi connectivity index (χ4v) is 2.96. The lowest BCUT2D eigenvalue weighted by atomic mass is 10.1. The van der Waals surface area contributed by atoms with Crippen LogP contribution in [0.5, 0.6) is 0 Å². The van der Waals surface area contributed by atoms with Crippen LogP contribution in [0.2, 0.25) is 0 Å². The predicted octanol–water partition coefficient (Wildman–Crippen LogP) is -0.650. The average Bonchev–Trinajstić information content (AvgIpc) is 3.07. The number of anilines is 1. The van der Waals surface area contributed by atoms with E-state index in [1.165, 1.54) is 10.8 Å². The Morgan fingerprint density at radius 3 is 2.88 bits per heavy atom. The van der Waals surface area contributed by atoms with Crippen LogP contribution in [-0.2, 0) is 4.74 Å². The highest BCUT2D eigenvalue weighted by Crippen LogP contribution is 2.36. The van der Waals surface area contributed by atoms with Crippen molar-refractivity contribution in [1.29, 1.82) is 0 Å². The van der Waals surface area contributed by atoms with Gasteiger partial charge in [0.15, 0.2) is 0 Å². The highest BCUT2D eigenvalue weighted by molar-refractivity contribution is 6.08. The second-order valence-corrected chi connectivity index (χ2v) is 5.60. The first-order chi connectivity index (χ1) is 11.9. The van der Waals surface area contributed by atoms with Crippen LogP contribution in [0.25, 0.3) is 21.5 Å². The molecule has 0 spiro atoms. The fraction of sp³-hybridized carbons (Fsp3) is 0.462. The molecule has 3 rings (SSSR count). The monoisotopic (exact) mass is 348 g/mol. The number of carbonyl (C=O) groups excluding carboxylic acids is 1. The van der Waals surface area contributed by atoms with Gasteiger partial charge in [-0.2, -0.15) is 0 Å². The molecule has 0 aliphatic carbocycles. The van der Waals surface area contributed by atoms with Gasteiger partial charge >= 0.3 is 0 Å². The minimum atomic E-state index is -1.24. The standard InChI is InChI=1S/C13H16N8O4/c1-4-17-10(14)7-5(11(15)24)2-21(12(7)18-4)13-8(19-20-16)9(23)6(3-22)25-13/h2,6,8-9,13,22-23H,3H2,1H3,(H2,15,24)(H2,14,17,18)/t6-,8?,9-,13-/m1/s1. The summed E-state index contributed by atoms with van der Waals surface area (Å²) < 4.78 is 7.00. The molecule has 1 amide bonds. The molecule has 0 radical (unpaired) electrons. The Hall–Kier alpha value is -2.92. The summed E-state index contributed by atoms with van der Waals surface area (Å²) in [4.78, 5) is 22.7. The molecule has 0 saturated carbocycles. The van der Waals surface area contributed by atoms with E-state index in [1.807, 2.05) is 0 Å². The van der Waals surface area contributed by atoms with Crippen molar-refractivity contribution in [1.82, 2.24) is 14.5 Å². The second-order valence-electron chi connectivity index (χ2n) is 5.60. The Morgan fingerprint density at radius 2 is 2.28 bits per heavy atom. The van der Waals surface area contributed by atoms with Crippen molar-refractivity contribution in [3.8, 4) is 0 Å². The first kappa shape index (κ1) is 16.9. The highest BCUT2D eigenvalue weighted by atomic mass is 16.5. The maximum atomic E-state index is 11.8. The fourth-order valence-electron chi connectivity index (χ4n) is 2.96. The van der Waals surface area contributed by atoms with Crippen molar-refractivity contribution in [3.05, 3.63) is 28.0 Å². The van der Waals surface area contributed by atoms with Crippen LogP contribution in [0, 0.1) is 6.92 Å². The van der Waals surface area contributed by atoms with Gasteiger partial charge in [-0.15, -0.1) is 0 Å². The van der Waals surface area contributed by atoms with E-state index in [2.05, 4.69) is 20.0 Å². The zero-order valence-corrected chi connectivity index (χ0v) is 13.1. The molecular formula is C13H16N8O4. The molecule has 1 unspecified atom stereocenters. The number of hydrogen-bond donors (Lipinski definition) is 4. The van der Waals surface area contributed by atoms with Gasteiger partial charge in [-0.05, 0) is 12.5 Å². The molecule has 4 atom stereocenters. The van der Waals surface area contributed by atoms with Crippen molar-refractivity contribution < 1.29 is 19.7 Å². The van der Waals surface area contributed by atoms with Crippen LogP contribution in [0.1, 0.15) is 22.4 Å². The summed E-state index contributed by atoms with van der Waals surface area (Å²) in [5.41, 5.74) is 20.4. The van der Waals surface area contributed by atoms with Gasteiger partial charge in [-0.1, -0.05) is 5.11 Å². The lowest BCUT2D eigenvalue weighted by Crippen LogP contribution is -2.31. The number of hydrogen-bond acceptors (Lipinski definition) is 8. The number of carbonyl (C=O) groups is 1. The van der Waals surface area contributed by atoms with Gasteiger partial charge in [-0.3, -0.25) is 4.79 Å². The van der Waals surface area contributed by atoms with E-state index in [0.29, 0.717) is 5.82 Å². The lowest BCUT2D eigenvalue weighted by Gasteiger charge is -2.18. The van der Waals surface area contributed by atoms with Crippen molar-refractivity contribution in [2.75, 3.05) is 12.3 Å². The van der Waals surface area contributed by atoms with E-state index < -0.39 is 37.0 Å². The van der Waals surface area contributed by atoms with Crippen LogP contribution in [0.4, 0.5) is 5.82 Å². The number of primary amides is 1. The van der Waals surface area contributed by atoms with E-state index in [-0.39, 0.29) is 22.4 Å². The van der Waals surface area contributed by atoms with Crippen molar-refractivity contribution in [3.63, 3.8) is 0 Å². The summed E-state index contributed by atoms with van der Waals surface area (Å²) in [6.45, 7) is 1.13. The number of nitrogens with zero attached hydrogens (tertiary/aromatic N) is 6. The number of nitrogen functional groups attached to an aromatic ring is 1. The van der Waals surface area contributed by atoms with Gasteiger partial charge in [0.05, 0.1) is 23.7 Å². The summed E-state index contributed by atoms with van der Waals surface area (Å²) in [7, 11) is 0. The summed E-state index contributed by atoms with van der Waals surface area (Å²) in [5, 5.41) is 23.3. The number of ether oxygens (including phenoxy) is 1. The summed E-state index contributed by atoms with van der Waals surface area (Å²) in [6, 6.07) is -1.05. The van der Waals surface area contributed by atoms with Crippen LogP contribution >= 0.6 is 0 Å². The zero-order valence-electron chi connectivity index (χ0n) is 13.1. The number of amides is 1. The number of aryl methyl sites for hydroxylation is 1. The quantitative estimate of drug-likeness (QED) is 0.319. The number of aromatic nitrogens is 3. The van der Waals surface area contributed by atoms with Crippen molar-refractivity contribution in [2.24, 2.45) is 10.8 Å². The Labute approximate surface area is 140 Å². The highest BCUT2D eigenvalue weighted by Gasteiger charge is 2.44. The maximum absolute atomic E-state index is 11.8. The van der Waals surface area contributed by atoms with E-state index in [4.69, 9.17) is 21.7 Å². The minimum Gasteiger partial charge on any atom is -0.394 e. The van der Waals surface area contributed by atoms with Gasteiger partial charge in [0, 0.05) is 11.1 Å². The number of rotatable bonds is 4. The topological polar surface area (TPSA) is 198 Å².